The van der Waals surface area contributed by atoms with Crippen molar-refractivity contribution < 1.29 is 17.9 Å². The number of H-pyrrole nitrogens is 1. The Labute approximate surface area is 200 Å². The first-order chi connectivity index (χ1) is 15.8. The average Bonchev–Trinajstić information content (AvgIpc) is 3.48. The molecule has 1 N–H and O–H groups in total. The molecular weight excluding hydrogens is 456 g/mol. The normalized spacial score (nSPS) is 13.5. The molecule has 2 aromatic heterocycles. The van der Waals surface area contributed by atoms with Crippen molar-refractivity contribution >= 4 is 27.1 Å². The molecule has 1 aromatic carbocycles. The fourth-order valence-electron chi connectivity index (χ4n) is 4.02. The first-order valence-corrected chi connectivity index (χ1v) is 14.1. The summed E-state index contributed by atoms with van der Waals surface area (Å²) in [6.45, 7) is 4.20. The Balaban J connectivity index is 1.89. The van der Waals surface area contributed by atoms with Crippen LogP contribution < -0.4 is 0 Å². The summed E-state index contributed by atoms with van der Waals surface area (Å²) in [6.07, 6.45) is 7.50. The Hall–Kier alpha value is -2.45. The van der Waals surface area contributed by atoms with Crippen LogP contribution >= 0.6 is 11.3 Å². The highest BCUT2D eigenvalue weighted by molar-refractivity contribution is 7.91. The van der Waals surface area contributed by atoms with Gasteiger partial charge in [-0.15, -0.1) is 11.3 Å². The van der Waals surface area contributed by atoms with E-state index in [1.165, 1.54) is 23.2 Å². The van der Waals surface area contributed by atoms with Gasteiger partial charge in [0.1, 0.15) is 4.75 Å². The molecule has 178 valence electrons. The molecule has 0 radical (unpaired) electrons. The molecule has 3 rings (SSSR count). The van der Waals surface area contributed by atoms with Gasteiger partial charge in [0, 0.05) is 29.9 Å². The van der Waals surface area contributed by atoms with E-state index in [2.05, 4.69) is 29.0 Å². The number of rotatable bonds is 12. The molecule has 6 nitrogen and oxygen atoms in total. The molecule has 2 heterocycles. The number of benzene rings is 1. The monoisotopic (exact) mass is 488 g/mol. The van der Waals surface area contributed by atoms with Gasteiger partial charge in [0.25, 0.3) is 0 Å². The zero-order valence-corrected chi connectivity index (χ0v) is 21.1. The van der Waals surface area contributed by atoms with Gasteiger partial charge in [-0.05, 0) is 55.9 Å². The number of aromatic amines is 1. The molecule has 0 bridgehead atoms. The first kappa shape index (κ1) is 25.2. The van der Waals surface area contributed by atoms with E-state index in [4.69, 9.17) is 4.74 Å². The standard InChI is InChI=1S/C25H32N2O4S2/c1-4-6-8-19-10-12-20(13-11-19)17-25(33(3,29)30,22-9-7-16-26-22)15-14-23-27-21(18-32-23)24(28)31-5-2/h7,9-13,16,18,26H,4-6,8,14-15,17H2,1-3H3. The van der Waals surface area contributed by atoms with Crippen LogP contribution in [0.5, 0.6) is 0 Å². The topological polar surface area (TPSA) is 89.1 Å². The predicted octanol–water partition coefficient (Wildman–Crippen LogP) is 5.11. The number of unbranched alkanes of at least 4 members (excludes halogenated alkanes) is 1. The van der Waals surface area contributed by atoms with E-state index in [-0.39, 0.29) is 12.3 Å². The van der Waals surface area contributed by atoms with Gasteiger partial charge in [0.05, 0.1) is 11.6 Å². The number of thiazole rings is 1. The first-order valence-electron chi connectivity index (χ1n) is 11.3. The van der Waals surface area contributed by atoms with Crippen molar-refractivity contribution in [2.45, 2.75) is 57.1 Å². The van der Waals surface area contributed by atoms with Crippen LogP contribution in [0.1, 0.15) is 65.4 Å². The van der Waals surface area contributed by atoms with Crippen LogP contribution in [0.3, 0.4) is 0 Å². The van der Waals surface area contributed by atoms with E-state index in [0.717, 1.165) is 24.8 Å². The smallest absolute Gasteiger partial charge is 0.357 e. The van der Waals surface area contributed by atoms with Crippen LogP contribution in [0.15, 0.2) is 48.0 Å². The summed E-state index contributed by atoms with van der Waals surface area (Å²) in [5, 5.41) is 2.38. The minimum atomic E-state index is -3.51. The summed E-state index contributed by atoms with van der Waals surface area (Å²) in [5.74, 6) is -0.457. The van der Waals surface area contributed by atoms with Crippen molar-refractivity contribution in [3.05, 3.63) is 75.5 Å². The molecular formula is C25H32N2O4S2. The molecule has 33 heavy (non-hydrogen) atoms. The highest BCUT2D eigenvalue weighted by Crippen LogP contribution is 2.38. The average molecular weight is 489 g/mol. The number of carbonyl (C=O) groups excluding carboxylic acids is 1. The van der Waals surface area contributed by atoms with E-state index >= 15 is 0 Å². The second-order valence-corrected chi connectivity index (χ2v) is 11.6. The molecule has 0 spiro atoms. The van der Waals surface area contributed by atoms with E-state index < -0.39 is 20.6 Å². The summed E-state index contributed by atoms with van der Waals surface area (Å²) in [7, 11) is -3.51. The maximum Gasteiger partial charge on any atom is 0.357 e. The van der Waals surface area contributed by atoms with E-state index in [1.54, 1.807) is 18.5 Å². The highest BCUT2D eigenvalue weighted by Gasteiger charge is 2.43. The number of hydrogen-bond donors (Lipinski definition) is 1. The predicted molar refractivity (Wildman–Crippen MR) is 132 cm³/mol. The van der Waals surface area contributed by atoms with Gasteiger partial charge in [-0.1, -0.05) is 37.6 Å². The number of nitrogens with zero attached hydrogens (tertiary/aromatic N) is 1. The van der Waals surface area contributed by atoms with Gasteiger partial charge < -0.3 is 9.72 Å². The number of ether oxygens (including phenoxy) is 1. The molecule has 3 aromatic rings. The van der Waals surface area contributed by atoms with Crippen molar-refractivity contribution in [3.63, 3.8) is 0 Å². The lowest BCUT2D eigenvalue weighted by atomic mass is 9.90. The third kappa shape index (κ3) is 6.12. The van der Waals surface area contributed by atoms with Crippen LogP contribution in [0.25, 0.3) is 0 Å². The lowest BCUT2D eigenvalue weighted by molar-refractivity contribution is 0.0520. The van der Waals surface area contributed by atoms with Crippen molar-refractivity contribution in [2.75, 3.05) is 12.9 Å². The van der Waals surface area contributed by atoms with Crippen LogP contribution in [0.4, 0.5) is 0 Å². The number of nitrogens with one attached hydrogen (secondary N) is 1. The second kappa shape index (κ2) is 11.1. The number of hydrogen-bond acceptors (Lipinski definition) is 6. The number of esters is 1. The van der Waals surface area contributed by atoms with Gasteiger partial charge in [-0.3, -0.25) is 0 Å². The highest BCUT2D eigenvalue weighted by atomic mass is 32.2. The summed E-state index contributed by atoms with van der Waals surface area (Å²) in [4.78, 5) is 19.5. The van der Waals surface area contributed by atoms with Crippen molar-refractivity contribution in [2.24, 2.45) is 0 Å². The van der Waals surface area contributed by atoms with E-state index in [9.17, 15) is 13.2 Å². The molecule has 1 unspecified atom stereocenters. The Morgan fingerprint density at radius 1 is 1.12 bits per heavy atom. The fraction of sp³-hybridized carbons (Fsp3) is 0.440. The van der Waals surface area contributed by atoms with Crippen molar-refractivity contribution in [1.82, 2.24) is 9.97 Å². The van der Waals surface area contributed by atoms with Crippen molar-refractivity contribution in [1.29, 1.82) is 0 Å². The SMILES string of the molecule is CCCCc1ccc(CC(CCc2nc(C(=O)OCC)cs2)(c2ccc[nH]2)S(C)(=O)=O)cc1. The summed E-state index contributed by atoms with van der Waals surface area (Å²) >= 11 is 1.35. The zero-order chi connectivity index (χ0) is 23.9. The Kier molecular flexibility index (Phi) is 8.48. The molecule has 8 heteroatoms. The summed E-state index contributed by atoms with van der Waals surface area (Å²) in [5.41, 5.74) is 3.17. The van der Waals surface area contributed by atoms with Crippen LogP contribution in [-0.4, -0.2) is 37.2 Å². The van der Waals surface area contributed by atoms with Gasteiger partial charge in [0.2, 0.25) is 0 Å². The van der Waals surface area contributed by atoms with Crippen LogP contribution in [0, 0.1) is 0 Å². The quantitative estimate of drug-likeness (QED) is 0.358. The Morgan fingerprint density at radius 3 is 2.45 bits per heavy atom. The van der Waals surface area contributed by atoms with E-state index in [0.29, 0.717) is 30.0 Å². The van der Waals surface area contributed by atoms with Crippen LogP contribution in [-0.2, 0) is 38.6 Å². The molecule has 0 aliphatic carbocycles. The number of aromatic nitrogens is 2. The van der Waals surface area contributed by atoms with Gasteiger partial charge in [0.15, 0.2) is 15.5 Å². The third-order valence-electron chi connectivity index (χ3n) is 5.91. The molecule has 1 atom stereocenters. The van der Waals surface area contributed by atoms with Gasteiger partial charge in [-0.2, -0.15) is 0 Å². The maximum absolute atomic E-state index is 13.3. The minimum absolute atomic E-state index is 0.268. The summed E-state index contributed by atoms with van der Waals surface area (Å²) in [6, 6.07) is 11.9. The van der Waals surface area contributed by atoms with Crippen molar-refractivity contribution in [3.8, 4) is 0 Å². The van der Waals surface area contributed by atoms with E-state index in [1.807, 2.05) is 24.3 Å². The lowest BCUT2D eigenvalue weighted by Gasteiger charge is -2.31. The molecule has 0 aliphatic rings. The second-order valence-electron chi connectivity index (χ2n) is 8.29. The van der Waals surface area contributed by atoms with Gasteiger partial charge >= 0.3 is 5.97 Å². The molecule has 0 amide bonds. The number of sulfone groups is 1. The Morgan fingerprint density at radius 2 is 1.85 bits per heavy atom. The molecule has 0 saturated carbocycles. The zero-order valence-electron chi connectivity index (χ0n) is 19.5. The number of carbonyl (C=O) groups is 1. The largest absolute Gasteiger partial charge is 0.461 e. The molecule has 0 saturated heterocycles. The summed E-state index contributed by atoms with van der Waals surface area (Å²) < 4.78 is 30.4. The van der Waals surface area contributed by atoms with Crippen LogP contribution in [0.2, 0.25) is 0 Å². The molecule has 0 fully saturated rings. The third-order valence-corrected chi connectivity index (χ3v) is 8.81. The maximum atomic E-state index is 13.3. The Bertz CT molecular complexity index is 1140. The lowest BCUT2D eigenvalue weighted by Crippen LogP contribution is -2.38. The molecule has 0 aliphatic heterocycles. The fourth-order valence-corrected chi connectivity index (χ4v) is 6.21. The number of aryl methyl sites for hydroxylation is 2. The minimum Gasteiger partial charge on any atom is -0.461 e. The van der Waals surface area contributed by atoms with Gasteiger partial charge in [-0.25, -0.2) is 18.2 Å².